The summed E-state index contributed by atoms with van der Waals surface area (Å²) in [7, 11) is 0. The number of nitrogens with zero attached hydrogens (tertiary/aromatic N) is 1. The first-order valence-corrected chi connectivity index (χ1v) is 9.77. The van der Waals surface area contributed by atoms with Gasteiger partial charge in [0.25, 0.3) is 0 Å². The molecule has 3 heterocycles. The number of H-pyrrole nitrogens is 1. The van der Waals surface area contributed by atoms with Crippen molar-refractivity contribution in [2.24, 2.45) is 11.8 Å². The number of benzene rings is 1. The van der Waals surface area contributed by atoms with Crippen molar-refractivity contribution in [3.8, 4) is 0 Å². The van der Waals surface area contributed by atoms with Crippen LogP contribution in [0.25, 0.3) is 10.9 Å². The third-order valence-electron chi connectivity index (χ3n) is 6.30. The van der Waals surface area contributed by atoms with Crippen molar-refractivity contribution in [3.05, 3.63) is 35.5 Å². The van der Waals surface area contributed by atoms with Crippen LogP contribution in [-0.4, -0.2) is 42.0 Å². The van der Waals surface area contributed by atoms with Crippen LogP contribution >= 0.6 is 0 Å². The summed E-state index contributed by atoms with van der Waals surface area (Å²) in [6.07, 6.45) is 5.51. The summed E-state index contributed by atoms with van der Waals surface area (Å²) in [6, 6.07) is 8.29. The van der Waals surface area contributed by atoms with Gasteiger partial charge in [-0.1, -0.05) is 18.2 Å². The molecule has 134 valence electrons. The Balaban J connectivity index is 1.38. The molecule has 1 aromatic heterocycles. The number of nitrogens with one attached hydrogen (secondary N) is 2. The Morgan fingerprint density at radius 1 is 1.08 bits per heavy atom. The second-order valence-corrected chi connectivity index (χ2v) is 7.76. The van der Waals surface area contributed by atoms with E-state index >= 15 is 0 Å². The molecule has 4 nitrogen and oxygen atoms in total. The number of carbonyl (C=O) groups excluding carboxylic acids is 1. The normalized spacial score (nSPS) is 20.3. The van der Waals surface area contributed by atoms with E-state index in [1.165, 1.54) is 49.7 Å². The van der Waals surface area contributed by atoms with Crippen LogP contribution in [0, 0.1) is 18.8 Å². The monoisotopic (exact) mass is 339 g/mol. The molecule has 2 N–H and O–H groups in total. The molecule has 2 aliphatic rings. The van der Waals surface area contributed by atoms with Crippen LogP contribution in [0.3, 0.4) is 0 Å². The van der Waals surface area contributed by atoms with Crippen molar-refractivity contribution in [2.75, 3.05) is 26.2 Å². The standard InChI is InChI=1S/C21H29N3O/c1-15-19(18-4-2-3-5-20(18)23-15)14-21(25)24-12-8-17(9-13-24)16-6-10-22-11-7-16/h2-5,16-17,22-23H,6-14H2,1H3. The van der Waals surface area contributed by atoms with Crippen LogP contribution in [0.1, 0.15) is 36.9 Å². The van der Waals surface area contributed by atoms with Crippen molar-refractivity contribution in [1.82, 2.24) is 15.2 Å². The van der Waals surface area contributed by atoms with Crippen molar-refractivity contribution >= 4 is 16.8 Å². The Kier molecular flexibility index (Phi) is 4.80. The van der Waals surface area contributed by atoms with Gasteiger partial charge >= 0.3 is 0 Å². The summed E-state index contributed by atoms with van der Waals surface area (Å²) in [5.41, 5.74) is 3.42. The van der Waals surface area contributed by atoms with Gasteiger partial charge in [-0.15, -0.1) is 0 Å². The van der Waals surface area contributed by atoms with Gasteiger partial charge < -0.3 is 15.2 Å². The highest BCUT2D eigenvalue weighted by atomic mass is 16.2. The number of aromatic amines is 1. The van der Waals surface area contributed by atoms with Crippen LogP contribution in [0.5, 0.6) is 0 Å². The SMILES string of the molecule is Cc1[nH]c2ccccc2c1CC(=O)N1CCC(C2CCNCC2)CC1. The largest absolute Gasteiger partial charge is 0.358 e. The number of fused-ring (bicyclic) bond motifs is 1. The molecule has 0 radical (unpaired) electrons. The maximum absolute atomic E-state index is 12.8. The van der Waals surface area contributed by atoms with Gasteiger partial charge in [0, 0.05) is 29.7 Å². The van der Waals surface area contributed by atoms with E-state index < -0.39 is 0 Å². The molecule has 0 atom stereocenters. The van der Waals surface area contributed by atoms with E-state index in [4.69, 9.17) is 0 Å². The lowest BCUT2D eigenvalue weighted by molar-refractivity contribution is -0.132. The number of hydrogen-bond acceptors (Lipinski definition) is 2. The maximum Gasteiger partial charge on any atom is 0.227 e. The summed E-state index contributed by atoms with van der Waals surface area (Å²) in [5, 5.41) is 4.65. The predicted octanol–water partition coefficient (Wildman–Crippen LogP) is 3.26. The molecule has 2 saturated heterocycles. The van der Waals surface area contributed by atoms with Gasteiger partial charge in [0.05, 0.1) is 6.42 Å². The lowest BCUT2D eigenvalue weighted by Crippen LogP contribution is -2.42. The van der Waals surface area contributed by atoms with Gasteiger partial charge in [0.1, 0.15) is 0 Å². The molecular formula is C21H29N3O. The second kappa shape index (κ2) is 7.20. The molecule has 1 aromatic carbocycles. The number of hydrogen-bond donors (Lipinski definition) is 2. The predicted molar refractivity (Wildman–Crippen MR) is 102 cm³/mol. The molecule has 0 aliphatic carbocycles. The number of rotatable bonds is 3. The maximum atomic E-state index is 12.8. The molecule has 0 unspecified atom stereocenters. The summed E-state index contributed by atoms with van der Waals surface area (Å²) in [6.45, 7) is 6.29. The molecular weight excluding hydrogens is 310 g/mol. The second-order valence-electron chi connectivity index (χ2n) is 7.76. The van der Waals surface area contributed by atoms with Gasteiger partial charge in [-0.2, -0.15) is 0 Å². The number of piperidine rings is 2. The zero-order valence-corrected chi connectivity index (χ0v) is 15.2. The quantitative estimate of drug-likeness (QED) is 0.902. The van der Waals surface area contributed by atoms with Crippen molar-refractivity contribution < 1.29 is 4.79 Å². The van der Waals surface area contributed by atoms with Gasteiger partial charge in [-0.3, -0.25) is 4.79 Å². The number of para-hydroxylation sites is 1. The van der Waals surface area contributed by atoms with E-state index in [1.807, 2.05) is 12.1 Å². The smallest absolute Gasteiger partial charge is 0.227 e. The number of amides is 1. The Labute approximate surface area is 150 Å². The van der Waals surface area contributed by atoms with Gasteiger partial charge in [-0.25, -0.2) is 0 Å². The van der Waals surface area contributed by atoms with E-state index in [0.29, 0.717) is 6.42 Å². The lowest BCUT2D eigenvalue weighted by Gasteiger charge is -2.37. The average Bonchev–Trinajstić information content (AvgIpc) is 2.98. The van der Waals surface area contributed by atoms with Crippen molar-refractivity contribution in [1.29, 1.82) is 0 Å². The van der Waals surface area contributed by atoms with Gasteiger partial charge in [0.2, 0.25) is 5.91 Å². The minimum Gasteiger partial charge on any atom is -0.358 e. The van der Waals surface area contributed by atoms with E-state index in [-0.39, 0.29) is 5.91 Å². The van der Waals surface area contributed by atoms with Crippen LogP contribution in [0.15, 0.2) is 24.3 Å². The fourth-order valence-corrected chi connectivity index (χ4v) is 4.76. The molecule has 4 heteroatoms. The first kappa shape index (κ1) is 16.6. The average molecular weight is 339 g/mol. The Morgan fingerprint density at radius 3 is 2.52 bits per heavy atom. The molecule has 25 heavy (non-hydrogen) atoms. The minimum absolute atomic E-state index is 0.289. The highest BCUT2D eigenvalue weighted by Gasteiger charge is 2.29. The van der Waals surface area contributed by atoms with Crippen LogP contribution < -0.4 is 5.32 Å². The number of carbonyl (C=O) groups is 1. The molecule has 2 fully saturated rings. The number of aromatic nitrogens is 1. The molecule has 2 aliphatic heterocycles. The molecule has 0 bridgehead atoms. The van der Waals surface area contributed by atoms with E-state index in [2.05, 4.69) is 34.3 Å². The Hall–Kier alpha value is -1.81. The highest BCUT2D eigenvalue weighted by Crippen LogP contribution is 2.31. The van der Waals surface area contributed by atoms with E-state index in [0.717, 1.165) is 36.1 Å². The lowest BCUT2D eigenvalue weighted by atomic mass is 9.79. The molecule has 0 spiro atoms. The topological polar surface area (TPSA) is 48.1 Å². The van der Waals surface area contributed by atoms with Crippen LogP contribution in [0.4, 0.5) is 0 Å². The third-order valence-corrected chi connectivity index (χ3v) is 6.30. The first-order chi connectivity index (χ1) is 12.2. The van der Waals surface area contributed by atoms with E-state index in [9.17, 15) is 4.79 Å². The summed E-state index contributed by atoms with van der Waals surface area (Å²) < 4.78 is 0. The van der Waals surface area contributed by atoms with Gasteiger partial charge in [0.15, 0.2) is 0 Å². The first-order valence-electron chi connectivity index (χ1n) is 9.77. The molecule has 1 amide bonds. The molecule has 2 aromatic rings. The molecule has 0 saturated carbocycles. The Morgan fingerprint density at radius 2 is 1.76 bits per heavy atom. The van der Waals surface area contributed by atoms with Crippen LogP contribution in [0.2, 0.25) is 0 Å². The fourth-order valence-electron chi connectivity index (χ4n) is 4.76. The molecule has 4 rings (SSSR count). The number of likely N-dealkylation sites (tertiary alicyclic amines) is 1. The third kappa shape index (κ3) is 3.45. The van der Waals surface area contributed by atoms with Crippen LogP contribution in [-0.2, 0) is 11.2 Å². The minimum atomic E-state index is 0.289. The Bertz CT molecular complexity index is 737. The highest BCUT2D eigenvalue weighted by molar-refractivity contribution is 5.90. The summed E-state index contributed by atoms with van der Waals surface area (Å²) in [5.74, 6) is 1.98. The van der Waals surface area contributed by atoms with E-state index in [1.54, 1.807) is 0 Å². The zero-order chi connectivity index (χ0) is 17.2. The van der Waals surface area contributed by atoms with Crippen molar-refractivity contribution in [2.45, 2.75) is 39.0 Å². The fraction of sp³-hybridized carbons (Fsp3) is 0.571. The zero-order valence-electron chi connectivity index (χ0n) is 15.2. The van der Waals surface area contributed by atoms with Crippen molar-refractivity contribution in [3.63, 3.8) is 0 Å². The summed E-state index contributed by atoms with van der Waals surface area (Å²) >= 11 is 0. The summed E-state index contributed by atoms with van der Waals surface area (Å²) in [4.78, 5) is 18.4. The van der Waals surface area contributed by atoms with Gasteiger partial charge in [-0.05, 0) is 69.2 Å². The number of aryl methyl sites for hydroxylation is 1.